The number of methoxy groups -OCH3 is 4. The first-order valence-corrected chi connectivity index (χ1v) is 24.8. The molecule has 6 aromatic rings. The lowest BCUT2D eigenvalue weighted by Crippen LogP contribution is -2.48. The zero-order chi connectivity index (χ0) is 45.4. The zero-order valence-electron chi connectivity index (χ0n) is 35.6. The molecular weight excluding hydrogens is 907 g/mol. The fourth-order valence-electron chi connectivity index (χ4n) is 7.17. The van der Waals surface area contributed by atoms with Gasteiger partial charge in [-0.1, -0.05) is 6.07 Å². The number of rotatable bonds is 14. The lowest BCUT2D eigenvalue weighted by atomic mass is 10.1. The van der Waals surface area contributed by atoms with E-state index in [-0.39, 0.29) is 9.79 Å². The van der Waals surface area contributed by atoms with Gasteiger partial charge in [0.1, 0.15) is 23.1 Å². The van der Waals surface area contributed by atoms with E-state index in [1.54, 1.807) is 51.1 Å². The van der Waals surface area contributed by atoms with Crippen LogP contribution in [0.15, 0.2) is 105 Å². The summed E-state index contributed by atoms with van der Waals surface area (Å²) >= 11 is 3.09. The molecule has 2 fully saturated rings. The predicted octanol–water partition coefficient (Wildman–Crippen LogP) is 6.80. The highest BCUT2D eigenvalue weighted by Gasteiger charge is 2.31. The molecule has 64 heavy (non-hydrogen) atoms. The molecule has 0 aliphatic carbocycles. The summed E-state index contributed by atoms with van der Waals surface area (Å²) in [5, 5.41) is 5.78. The number of piperazine rings is 2. The third kappa shape index (κ3) is 11.1. The molecule has 0 unspecified atom stereocenters. The lowest BCUT2D eigenvalue weighted by molar-refractivity contribution is 0.354. The van der Waals surface area contributed by atoms with Crippen LogP contribution in [0.1, 0.15) is 22.5 Å². The molecule has 0 amide bonds. The number of hydrogen-bond donors (Lipinski definition) is 0. The number of halogens is 2. The van der Waals surface area contributed by atoms with Crippen molar-refractivity contribution in [2.24, 2.45) is 0 Å². The lowest BCUT2D eigenvalue weighted by Gasteiger charge is -2.33. The molecule has 0 saturated carbocycles. The van der Waals surface area contributed by atoms with E-state index < -0.39 is 31.7 Å². The van der Waals surface area contributed by atoms with Gasteiger partial charge >= 0.3 is 0 Å². The van der Waals surface area contributed by atoms with Crippen molar-refractivity contribution in [1.29, 1.82) is 0 Å². The van der Waals surface area contributed by atoms with E-state index in [0.717, 1.165) is 56.4 Å². The fourth-order valence-corrected chi connectivity index (χ4v) is 11.8. The summed E-state index contributed by atoms with van der Waals surface area (Å²) in [7, 11) is -0.809. The molecule has 0 atom stereocenters. The van der Waals surface area contributed by atoms with E-state index in [2.05, 4.69) is 9.80 Å². The van der Waals surface area contributed by atoms with Gasteiger partial charge in [-0.25, -0.2) is 35.6 Å². The first-order chi connectivity index (χ1) is 30.8. The van der Waals surface area contributed by atoms with Crippen molar-refractivity contribution in [3.8, 4) is 23.0 Å². The fraction of sp³-hybridized carbons (Fsp3) is 0.318. The maximum Gasteiger partial charge on any atom is 0.243 e. The normalized spacial score (nSPS) is 15.0. The van der Waals surface area contributed by atoms with Crippen molar-refractivity contribution < 1.29 is 44.6 Å². The van der Waals surface area contributed by atoms with Gasteiger partial charge in [-0.05, 0) is 83.9 Å². The Bertz CT molecular complexity index is 2700. The minimum Gasteiger partial charge on any atom is -0.497 e. The first-order valence-electron chi connectivity index (χ1n) is 20.1. The topological polar surface area (TPSA) is 144 Å². The smallest absolute Gasteiger partial charge is 0.243 e. The highest BCUT2D eigenvalue weighted by atomic mass is 32.2. The minimum atomic E-state index is -3.63. The van der Waals surface area contributed by atoms with Gasteiger partial charge in [0.05, 0.1) is 49.6 Å². The largest absolute Gasteiger partial charge is 0.497 e. The average molecular weight is 955 g/mol. The van der Waals surface area contributed by atoms with Gasteiger partial charge in [0, 0.05) is 82.0 Å². The number of benzene rings is 4. The van der Waals surface area contributed by atoms with E-state index in [1.807, 2.05) is 47.2 Å². The molecule has 2 aromatic heterocycles. The summed E-state index contributed by atoms with van der Waals surface area (Å²) in [4.78, 5) is 13.9. The quantitative estimate of drug-likeness (QED) is 0.113. The molecule has 2 aliphatic rings. The van der Waals surface area contributed by atoms with E-state index in [9.17, 15) is 25.6 Å². The van der Waals surface area contributed by atoms with Crippen LogP contribution >= 0.6 is 22.7 Å². The third-order valence-corrected chi connectivity index (χ3v) is 16.4. The number of thiazole rings is 2. The maximum absolute atomic E-state index is 13.1. The number of sulfonamides is 2. The number of ether oxygens (including phenoxy) is 4. The Hall–Kier alpha value is -5.38. The van der Waals surface area contributed by atoms with Crippen LogP contribution in [0.2, 0.25) is 0 Å². The summed E-state index contributed by atoms with van der Waals surface area (Å²) in [6.45, 7) is 3.58. The first kappa shape index (κ1) is 46.6. The molecule has 0 radical (unpaired) electrons. The molecule has 340 valence electrons. The summed E-state index contributed by atoms with van der Waals surface area (Å²) in [6.07, 6.45) is 1.30. The van der Waals surface area contributed by atoms with E-state index in [0.29, 0.717) is 76.7 Å². The van der Waals surface area contributed by atoms with Crippen LogP contribution < -0.4 is 28.7 Å². The van der Waals surface area contributed by atoms with E-state index >= 15 is 0 Å². The van der Waals surface area contributed by atoms with Gasteiger partial charge in [0.2, 0.25) is 20.0 Å². The SMILES string of the molecule is COc1cc(Cc2csc(N3CCN(S(=O)(=O)c4ccc(F)cc4)CC3)n2)cc(OC)c1.COc1ccc(Cc2csc(N3CCN(S(=O)(=O)c4ccc(F)cc4)CC3)n2)cc1OC. The third-order valence-electron chi connectivity index (χ3n) is 10.6. The minimum absolute atomic E-state index is 0.109. The van der Waals surface area contributed by atoms with Crippen LogP contribution in [0.3, 0.4) is 0 Å². The molecule has 20 heteroatoms. The Morgan fingerprint density at radius 1 is 0.516 bits per heavy atom. The molecule has 4 heterocycles. The van der Waals surface area contributed by atoms with Gasteiger partial charge in [0.25, 0.3) is 0 Å². The summed E-state index contributed by atoms with van der Waals surface area (Å²) < 4.78 is 102. The van der Waals surface area contributed by atoms with Crippen LogP contribution in [0.4, 0.5) is 19.0 Å². The van der Waals surface area contributed by atoms with Crippen molar-refractivity contribution >= 4 is 53.0 Å². The molecule has 0 bridgehead atoms. The molecule has 14 nitrogen and oxygen atoms in total. The van der Waals surface area contributed by atoms with Crippen LogP contribution in [0.25, 0.3) is 0 Å². The van der Waals surface area contributed by atoms with E-state index in [1.165, 1.54) is 45.0 Å². The zero-order valence-corrected chi connectivity index (χ0v) is 38.9. The highest BCUT2D eigenvalue weighted by molar-refractivity contribution is 7.89. The monoisotopic (exact) mass is 954 g/mol. The maximum atomic E-state index is 13.1. The second-order valence-corrected chi connectivity index (χ2v) is 20.2. The summed E-state index contributed by atoms with van der Waals surface area (Å²) in [5.41, 5.74) is 3.98. The second kappa shape index (κ2) is 20.6. The number of nitrogens with zero attached hydrogens (tertiary/aromatic N) is 6. The van der Waals surface area contributed by atoms with Crippen molar-refractivity contribution in [1.82, 2.24) is 18.6 Å². The van der Waals surface area contributed by atoms with Crippen LogP contribution in [-0.2, 0) is 32.9 Å². The van der Waals surface area contributed by atoms with Gasteiger partial charge < -0.3 is 28.7 Å². The standard InChI is InChI=1S/2C22H24FN3O4S2/c1-29-20-8-3-16(14-21(20)30-2)13-18-15-31-22(24-18)25-9-11-26(12-10-25)32(27,28)19-6-4-17(23)5-7-19;1-29-19-12-16(13-20(14-19)30-2)11-18-15-31-22(24-18)25-7-9-26(10-8-25)32(27,28)21-5-3-17(23)4-6-21/h3-8,14-15H,9-13H2,1-2H3;3-6,12-15H,7-11H2,1-2H3. The molecule has 4 aromatic carbocycles. The molecule has 8 rings (SSSR count). The number of hydrogen-bond acceptors (Lipinski definition) is 14. The summed E-state index contributed by atoms with van der Waals surface area (Å²) in [6, 6.07) is 21.4. The molecule has 0 spiro atoms. The Morgan fingerprint density at radius 3 is 1.34 bits per heavy atom. The molecule has 2 saturated heterocycles. The van der Waals surface area contributed by atoms with Gasteiger partial charge in [-0.15, -0.1) is 22.7 Å². The van der Waals surface area contributed by atoms with Crippen LogP contribution in [0, 0.1) is 11.6 Å². The van der Waals surface area contributed by atoms with Gasteiger partial charge in [-0.3, -0.25) is 0 Å². The molecule has 2 aliphatic heterocycles. The predicted molar refractivity (Wildman–Crippen MR) is 244 cm³/mol. The van der Waals surface area contributed by atoms with Gasteiger partial charge in [0.15, 0.2) is 21.8 Å². The Morgan fingerprint density at radius 2 is 0.938 bits per heavy atom. The molecular formula is C44H48F2N6O8S4. The number of anilines is 2. The van der Waals surface area contributed by atoms with Crippen molar-refractivity contribution in [3.05, 3.63) is 130 Å². The molecule has 0 N–H and O–H groups in total. The van der Waals surface area contributed by atoms with Gasteiger partial charge in [-0.2, -0.15) is 8.61 Å². The van der Waals surface area contributed by atoms with Crippen molar-refractivity contribution in [2.75, 3.05) is 90.6 Å². The highest BCUT2D eigenvalue weighted by Crippen LogP contribution is 2.31. The Kier molecular flexibility index (Phi) is 15.0. The second-order valence-electron chi connectivity index (χ2n) is 14.7. The van der Waals surface area contributed by atoms with Crippen LogP contribution in [-0.4, -0.2) is 116 Å². The Balaban J connectivity index is 0.000000191. The van der Waals surface area contributed by atoms with Crippen molar-refractivity contribution in [3.63, 3.8) is 0 Å². The van der Waals surface area contributed by atoms with Crippen LogP contribution in [0.5, 0.6) is 23.0 Å². The van der Waals surface area contributed by atoms with Crippen molar-refractivity contribution in [2.45, 2.75) is 22.6 Å². The average Bonchev–Trinajstić information content (AvgIpc) is 3.99. The summed E-state index contributed by atoms with van der Waals surface area (Å²) in [5.74, 6) is 1.91. The van der Waals surface area contributed by atoms with E-state index in [4.69, 9.17) is 28.9 Å². The number of aromatic nitrogens is 2. The Labute approximate surface area is 380 Å².